The van der Waals surface area contributed by atoms with Crippen LogP contribution in [0.1, 0.15) is 24.8 Å². The molecule has 5 rings (SSSR count). The van der Waals surface area contributed by atoms with Crippen molar-refractivity contribution in [2.24, 2.45) is 15.3 Å². The molecule has 1 amide bonds. The lowest BCUT2D eigenvalue weighted by molar-refractivity contribution is -0.385. The van der Waals surface area contributed by atoms with Crippen molar-refractivity contribution >= 4 is 38.8 Å². The molecule has 0 spiro atoms. The minimum absolute atomic E-state index is 0.00616. The standard InChI is InChI=1S/C25H25FN4O7S/c1-36-25(32)23-18-9-10-19(37-18)24(23)29(13-14-3-5-15(26)6-4-14)22(31)12-21-27-17-8-7-16(30(33)34)11-20(17)38(2,35)28-21/h3-8,11,18-19,23-24H,9-10,12-13H2,1-2H3/t18-,19+,23+,24-,38?/m0/s1. The third-order valence-electron chi connectivity index (χ3n) is 7.06. The van der Waals surface area contributed by atoms with E-state index in [1.807, 2.05) is 0 Å². The summed E-state index contributed by atoms with van der Waals surface area (Å²) in [6.07, 6.45) is 1.58. The van der Waals surface area contributed by atoms with Crippen LogP contribution in [0.25, 0.3) is 0 Å². The van der Waals surface area contributed by atoms with E-state index in [9.17, 15) is 28.3 Å². The predicted molar refractivity (Wildman–Crippen MR) is 134 cm³/mol. The molecule has 5 atom stereocenters. The number of carbonyl (C=O) groups is 2. The number of benzene rings is 2. The van der Waals surface area contributed by atoms with Gasteiger partial charge in [0.2, 0.25) is 5.91 Å². The van der Waals surface area contributed by atoms with Crippen molar-refractivity contribution in [2.75, 3.05) is 13.4 Å². The lowest BCUT2D eigenvalue weighted by Crippen LogP contribution is -2.52. The Bertz CT molecular complexity index is 1470. The monoisotopic (exact) mass is 544 g/mol. The molecular formula is C25H25FN4O7S. The highest BCUT2D eigenvalue weighted by atomic mass is 32.2. The lowest BCUT2D eigenvalue weighted by Gasteiger charge is -2.36. The Balaban J connectivity index is 1.48. The number of rotatable bonds is 7. The van der Waals surface area contributed by atoms with Crippen molar-refractivity contribution in [3.8, 4) is 0 Å². The Morgan fingerprint density at radius 1 is 1.21 bits per heavy atom. The van der Waals surface area contributed by atoms with Crippen LogP contribution in [-0.4, -0.2) is 63.4 Å². The fraction of sp³-hybridized carbons (Fsp3) is 0.400. The van der Waals surface area contributed by atoms with E-state index in [0.717, 1.165) is 0 Å². The number of nitro groups is 1. The zero-order valence-corrected chi connectivity index (χ0v) is 21.4. The molecule has 0 N–H and O–H groups in total. The third kappa shape index (κ3) is 4.78. The first-order valence-electron chi connectivity index (χ1n) is 11.9. The number of hydrogen-bond acceptors (Lipinski definition) is 9. The number of methoxy groups -OCH3 is 1. The number of ether oxygens (including phenoxy) is 2. The normalized spacial score (nSPS) is 27.2. The summed E-state index contributed by atoms with van der Waals surface area (Å²) in [6.45, 7) is 0.0708. The van der Waals surface area contributed by atoms with E-state index >= 15 is 0 Å². The van der Waals surface area contributed by atoms with Gasteiger partial charge in [-0.25, -0.2) is 13.6 Å². The van der Waals surface area contributed by atoms with Crippen molar-refractivity contribution in [3.05, 3.63) is 64.0 Å². The number of esters is 1. The number of hydrogen-bond donors (Lipinski definition) is 0. The molecule has 38 heavy (non-hydrogen) atoms. The van der Waals surface area contributed by atoms with Gasteiger partial charge in [-0.1, -0.05) is 12.1 Å². The maximum Gasteiger partial charge on any atom is 0.313 e. The van der Waals surface area contributed by atoms with Gasteiger partial charge in [0, 0.05) is 24.9 Å². The van der Waals surface area contributed by atoms with Gasteiger partial charge in [-0.15, -0.1) is 0 Å². The third-order valence-corrected chi connectivity index (χ3v) is 8.76. The molecule has 3 heterocycles. The van der Waals surface area contributed by atoms with Gasteiger partial charge in [-0.3, -0.25) is 19.7 Å². The average Bonchev–Trinajstić information content (AvgIpc) is 3.49. The number of aliphatic imine (C=N–C) groups is 1. The molecule has 1 unspecified atom stereocenters. The number of amidine groups is 1. The fourth-order valence-electron chi connectivity index (χ4n) is 5.35. The number of non-ortho nitro benzene ring substituents is 1. The summed E-state index contributed by atoms with van der Waals surface area (Å²) in [5, 5.41) is 11.2. The quantitative estimate of drug-likeness (QED) is 0.296. The molecule has 2 aromatic carbocycles. The highest BCUT2D eigenvalue weighted by Gasteiger charge is 2.56. The summed E-state index contributed by atoms with van der Waals surface area (Å²) >= 11 is 0. The molecule has 3 aliphatic heterocycles. The molecule has 200 valence electrons. The molecule has 2 saturated heterocycles. The molecule has 0 saturated carbocycles. The molecule has 11 nitrogen and oxygen atoms in total. The molecule has 2 bridgehead atoms. The van der Waals surface area contributed by atoms with Crippen molar-refractivity contribution in [1.82, 2.24) is 4.90 Å². The Kier molecular flexibility index (Phi) is 6.73. The van der Waals surface area contributed by atoms with Gasteiger partial charge in [0.05, 0.1) is 57.0 Å². The molecule has 2 aromatic rings. The summed E-state index contributed by atoms with van der Waals surface area (Å²) < 4.78 is 42.1. The van der Waals surface area contributed by atoms with Crippen molar-refractivity contribution in [2.45, 2.75) is 49.0 Å². The summed E-state index contributed by atoms with van der Waals surface area (Å²) in [4.78, 5) is 43.1. The van der Waals surface area contributed by atoms with E-state index in [0.29, 0.717) is 18.4 Å². The molecule has 3 aliphatic rings. The first-order chi connectivity index (χ1) is 18.1. The average molecular weight is 545 g/mol. The lowest BCUT2D eigenvalue weighted by atomic mass is 9.83. The van der Waals surface area contributed by atoms with Crippen molar-refractivity contribution in [1.29, 1.82) is 0 Å². The van der Waals surface area contributed by atoms with Gasteiger partial charge in [-0.05, 0) is 36.6 Å². The van der Waals surface area contributed by atoms with Crippen molar-refractivity contribution < 1.29 is 32.6 Å². The van der Waals surface area contributed by atoms with Gasteiger partial charge in [0.1, 0.15) is 17.6 Å². The van der Waals surface area contributed by atoms with Crippen molar-refractivity contribution in [3.63, 3.8) is 0 Å². The topological polar surface area (TPSA) is 141 Å². The van der Waals surface area contributed by atoms with E-state index in [1.165, 1.54) is 48.6 Å². The number of carbonyl (C=O) groups excluding carboxylic acids is 2. The van der Waals surface area contributed by atoms with Gasteiger partial charge < -0.3 is 14.4 Å². The Morgan fingerprint density at radius 3 is 2.61 bits per heavy atom. The number of halogens is 1. The molecule has 0 radical (unpaired) electrons. The van der Waals surface area contributed by atoms with Crippen LogP contribution in [0.2, 0.25) is 0 Å². The highest BCUT2D eigenvalue weighted by Crippen LogP contribution is 2.43. The van der Waals surface area contributed by atoms with E-state index < -0.39 is 44.3 Å². The van der Waals surface area contributed by atoms with Crippen LogP contribution in [0.15, 0.2) is 56.7 Å². The van der Waals surface area contributed by atoms with Crippen LogP contribution in [0.3, 0.4) is 0 Å². The second-order valence-corrected chi connectivity index (χ2v) is 11.7. The van der Waals surface area contributed by atoms with Crippen LogP contribution < -0.4 is 0 Å². The van der Waals surface area contributed by atoms with E-state index in [-0.39, 0.29) is 47.3 Å². The minimum atomic E-state index is -3.11. The molecule has 2 fully saturated rings. The summed E-state index contributed by atoms with van der Waals surface area (Å²) in [6, 6.07) is 8.87. The van der Waals surface area contributed by atoms with Gasteiger partial charge in [0.25, 0.3) is 5.69 Å². The summed E-state index contributed by atoms with van der Waals surface area (Å²) in [7, 11) is -1.82. The van der Waals surface area contributed by atoms with Crippen LogP contribution >= 0.6 is 0 Å². The number of amides is 1. The molecule has 13 heteroatoms. The minimum Gasteiger partial charge on any atom is -0.469 e. The molecule has 0 aliphatic carbocycles. The molecular weight excluding hydrogens is 519 g/mol. The second-order valence-electron chi connectivity index (χ2n) is 9.49. The van der Waals surface area contributed by atoms with E-state index in [4.69, 9.17) is 9.47 Å². The van der Waals surface area contributed by atoms with Crippen LogP contribution in [0, 0.1) is 21.8 Å². The van der Waals surface area contributed by atoms with E-state index in [2.05, 4.69) is 9.36 Å². The largest absolute Gasteiger partial charge is 0.469 e. The summed E-state index contributed by atoms with van der Waals surface area (Å²) in [5.74, 6) is -2.02. The van der Waals surface area contributed by atoms with Gasteiger partial charge in [0.15, 0.2) is 0 Å². The van der Waals surface area contributed by atoms with Crippen LogP contribution in [0.5, 0.6) is 0 Å². The van der Waals surface area contributed by atoms with Gasteiger partial charge >= 0.3 is 5.97 Å². The Hall–Kier alpha value is -3.71. The predicted octanol–water partition coefficient (Wildman–Crippen LogP) is 3.37. The smallest absolute Gasteiger partial charge is 0.313 e. The maximum absolute atomic E-state index is 13.8. The van der Waals surface area contributed by atoms with Gasteiger partial charge in [-0.2, -0.15) is 4.36 Å². The highest BCUT2D eigenvalue weighted by molar-refractivity contribution is 7.93. The molecule has 0 aromatic heterocycles. The second kappa shape index (κ2) is 9.87. The maximum atomic E-state index is 13.8. The summed E-state index contributed by atoms with van der Waals surface area (Å²) in [5.41, 5.74) is 0.645. The SMILES string of the molecule is COC(=O)[C@H]1[C@@H](N(Cc2ccc(F)cc2)C(=O)CC2=Nc3ccc([N+](=O)[O-])cc3S(C)(=O)=N2)[C@H]2CC[C@@H]1O2. The first kappa shape index (κ1) is 25.9. The Morgan fingerprint density at radius 2 is 1.92 bits per heavy atom. The van der Waals surface area contributed by atoms with Crippen LogP contribution in [-0.2, 0) is 35.3 Å². The zero-order chi connectivity index (χ0) is 27.2. The Labute approximate surface area is 218 Å². The first-order valence-corrected chi connectivity index (χ1v) is 13.8. The zero-order valence-electron chi connectivity index (χ0n) is 20.6. The number of fused-ring (bicyclic) bond motifs is 3. The van der Waals surface area contributed by atoms with Crippen LogP contribution in [0.4, 0.5) is 15.8 Å². The number of nitrogens with zero attached hydrogens (tertiary/aromatic N) is 4. The number of nitro benzene ring substituents is 1. The fourth-order valence-corrected chi connectivity index (χ4v) is 6.80. The van der Waals surface area contributed by atoms with E-state index in [1.54, 1.807) is 12.1 Å².